The molecule has 8 aromatic rings. The van der Waals surface area contributed by atoms with Gasteiger partial charge in [0.25, 0.3) is 44.2 Å². The van der Waals surface area contributed by atoms with Crippen LogP contribution in [0.1, 0.15) is 75.8 Å². The molecule has 0 bridgehead atoms. The Morgan fingerprint density at radius 3 is 1.12 bits per heavy atom. The highest BCUT2D eigenvalue weighted by Gasteiger charge is 2.30. The molecular formula is C71H72Cl10F8N4O28S8. The van der Waals surface area contributed by atoms with Crippen molar-refractivity contribution in [1.29, 1.82) is 0 Å². The zero-order valence-electron chi connectivity index (χ0n) is 66.2. The van der Waals surface area contributed by atoms with Crippen LogP contribution in [0, 0.1) is 66.3 Å². The number of carbonyl (C=O) groups is 7. The molecule has 0 aromatic heterocycles. The van der Waals surface area contributed by atoms with Crippen LogP contribution in [0.25, 0.3) is 0 Å². The molecule has 129 heavy (non-hydrogen) atoms. The summed E-state index contributed by atoms with van der Waals surface area (Å²) in [5.41, 5.74) is 11.0. The van der Waals surface area contributed by atoms with E-state index in [9.17, 15) is 102 Å². The highest BCUT2D eigenvalue weighted by molar-refractivity contribution is 8.26. The molecule has 9 N–H and O–H groups in total. The van der Waals surface area contributed by atoms with Gasteiger partial charge in [-0.2, -0.15) is 35.4 Å². The number of methoxy groups -OCH3 is 5. The Balaban J connectivity index is -0.00000144. The third kappa shape index (κ3) is 46.0. The number of ether oxygens (including phenoxy) is 7. The standard InChI is InChI=1S/C20H21F2NO5S.C14H10ClF2NO4S.C8H5Cl2FO4S.C8H6ClFO5S.C8H7FO3.C7H8FN.C4H9NO.C2Cl2O2.Cl2OS.ClHO3S.ClH.2H2S/c1-12-7-14(3-4-17(12)21)23-20(24)16-8-15(9-18(22)19(16)27-2)29(25,26)11-13-5-6-28-10-13;1-22-13-11(6-10(7-12(13)17)23(15,20)21)14(19)18-9-4-2-8(16)3-5-9;1-15-7-5(8(9)12)2-4(3-6(7)11)16(10,13)14;1-15-7-5(8(11)12)2-4(3-6(7)10)16(9,13)14;1-12-7-5(8(10)11)3-2-4-6(7)9;1-5-4-6(9)2-3-7(5)8;5-4-1-2-6-3-4;3-1(5)2(4)6;1-4(2)3;1-5(2,3)4;;;/h3-4,7-9,13H,5-6,10-11H2,1-2H3,(H,23,24);2-7H,1H3,(H,18,19);2-3H,1H3;2-3H,1H3,(H,11,12);2-4H,1H3,(H,10,11);2-4H,9H2,1H3;4H,1-3,5H2;;;(H,2,3,4);1H;2*1H2/t13-;;;;;;4-;;;;;;/m0.....0....../s1. The molecule has 2 aliphatic heterocycles. The van der Waals surface area contributed by atoms with Crippen molar-refractivity contribution in [2.45, 2.75) is 52.3 Å². The summed E-state index contributed by atoms with van der Waals surface area (Å²) < 4.78 is 266. The lowest BCUT2D eigenvalue weighted by Crippen LogP contribution is -2.19. The number of para-hydroxylation sites is 1. The second-order valence-electron chi connectivity index (χ2n) is 23.6. The minimum Gasteiger partial charge on any atom is -0.493 e. The number of carboxylic acid groups (broad SMARTS) is 2. The number of aromatic carboxylic acids is 2. The molecular weight excluding hydrogens is 2120 g/mol. The maximum absolute atomic E-state index is 14.5. The van der Waals surface area contributed by atoms with E-state index in [2.05, 4.69) is 80.1 Å². The van der Waals surface area contributed by atoms with Crippen LogP contribution in [-0.4, -0.2) is 174 Å². The number of nitrogens with two attached hydrogens (primary N) is 2. The first kappa shape index (κ1) is 125. The summed E-state index contributed by atoms with van der Waals surface area (Å²) in [7, 11) is 11.7. The van der Waals surface area contributed by atoms with E-state index in [-0.39, 0.29) is 101 Å². The Morgan fingerprint density at radius 1 is 0.465 bits per heavy atom. The van der Waals surface area contributed by atoms with Crippen LogP contribution in [-0.2, 0) is 74.6 Å². The van der Waals surface area contributed by atoms with E-state index in [1.54, 1.807) is 19.1 Å². The average Bonchev–Trinajstić information content (AvgIpc) is 1.18. The molecule has 2 heterocycles. The lowest BCUT2D eigenvalue weighted by molar-refractivity contribution is -0.127. The SMILES string of the molecule is COc1c(F)cc(S(=O)(=O)C[C@H]2CCOC2)cc1C(=O)Nc1ccc(F)c(C)c1.COc1c(F)cc(S(=O)(=O)Cl)cc1C(=O)Cl.COc1c(F)cc(S(=O)(=O)Cl)cc1C(=O)Nc1ccc(F)cc1.COc1c(F)cc(S(=O)(=O)Cl)cc1C(=O)O.COc1c(F)cccc1C(=O)O.Cc1cc(N)ccc1F.Cl.N[C@H]1CCOC1.O=C(Cl)C(=O)Cl.O=S(=O)(O)Cl.O=S(Cl)Cl.S.S. The third-order valence-electron chi connectivity index (χ3n) is 14.7. The Hall–Kier alpha value is -7.77. The zero-order valence-corrected chi connectivity index (χ0v) is 80.7. The van der Waals surface area contributed by atoms with Crippen molar-refractivity contribution < 1.29 is 163 Å². The number of amides is 2. The Kier molecular flexibility index (Phi) is 57.3. The number of nitrogen functional groups attached to an aromatic ring is 1. The van der Waals surface area contributed by atoms with Gasteiger partial charge in [-0.1, -0.05) is 6.07 Å². The molecule has 2 atom stereocenters. The molecule has 2 fully saturated rings. The molecule has 8 aromatic carbocycles. The molecule has 0 spiro atoms. The van der Waals surface area contributed by atoms with Gasteiger partial charge in [-0.15, -0.1) is 12.4 Å². The molecule has 0 saturated carbocycles. The van der Waals surface area contributed by atoms with Gasteiger partial charge in [-0.3, -0.25) is 28.5 Å². The number of sulfone groups is 1. The molecule has 58 heteroatoms. The van der Waals surface area contributed by atoms with E-state index < -0.39 is 179 Å². The number of hydrogen-bond acceptors (Lipinski definition) is 27. The second-order valence-corrected chi connectivity index (χ2v) is 38.9. The van der Waals surface area contributed by atoms with Gasteiger partial charge in [0.05, 0.1) is 90.8 Å². The van der Waals surface area contributed by atoms with E-state index in [1.807, 2.05) is 0 Å². The minimum atomic E-state index is -4.24. The summed E-state index contributed by atoms with van der Waals surface area (Å²) in [4.78, 5) is 73.8. The quantitative estimate of drug-likeness (QED) is 0.0130. The number of rotatable bonds is 19. The first-order valence-electron chi connectivity index (χ1n) is 33.0. The van der Waals surface area contributed by atoms with Gasteiger partial charge in [-0.05, 0) is 200 Å². The summed E-state index contributed by atoms with van der Waals surface area (Å²) in [6.07, 6.45) is 1.65. The van der Waals surface area contributed by atoms with Crippen LogP contribution in [0.5, 0.6) is 28.7 Å². The molecule has 32 nitrogen and oxygen atoms in total. The maximum Gasteiger partial charge on any atom is 0.353 e. The largest absolute Gasteiger partial charge is 0.493 e. The van der Waals surface area contributed by atoms with Crippen LogP contribution >= 0.6 is 138 Å². The van der Waals surface area contributed by atoms with Crippen LogP contribution in [0.3, 0.4) is 0 Å². The molecule has 0 radical (unpaired) electrons. The number of nitrogens with one attached hydrogen (secondary N) is 2. The van der Waals surface area contributed by atoms with Crippen molar-refractivity contribution in [3.8, 4) is 28.7 Å². The van der Waals surface area contributed by atoms with Crippen molar-refractivity contribution in [3.05, 3.63) is 213 Å². The highest BCUT2D eigenvalue weighted by atomic mass is 36.0. The first-order valence-corrected chi connectivity index (χ1v) is 47.8. The molecule has 2 saturated heterocycles. The van der Waals surface area contributed by atoms with Crippen LogP contribution < -0.4 is 45.8 Å². The number of benzene rings is 8. The second kappa shape index (κ2) is 59.0. The van der Waals surface area contributed by atoms with E-state index >= 15 is 0 Å². The normalized spacial score (nSPS) is 12.7. The lowest BCUT2D eigenvalue weighted by Gasteiger charge is -2.14. The van der Waals surface area contributed by atoms with Gasteiger partial charge in [0.2, 0.25) is 9.23 Å². The number of anilines is 3. The fraction of sp³-hybridized carbons (Fsp3) is 0.225. The van der Waals surface area contributed by atoms with Crippen LogP contribution in [0.15, 0.2) is 147 Å². The van der Waals surface area contributed by atoms with Crippen LogP contribution in [0.2, 0.25) is 0 Å². The molecule has 2 aliphatic rings. The predicted molar refractivity (Wildman–Crippen MR) is 478 cm³/mol. The minimum absolute atomic E-state index is 0. The number of carboxylic acids is 2. The van der Waals surface area contributed by atoms with Crippen LogP contribution in [0.4, 0.5) is 52.2 Å². The molecule has 0 aliphatic carbocycles. The smallest absolute Gasteiger partial charge is 0.353 e. The van der Waals surface area contributed by atoms with E-state index in [0.29, 0.717) is 60.7 Å². The molecule has 718 valence electrons. The fourth-order valence-electron chi connectivity index (χ4n) is 9.23. The summed E-state index contributed by atoms with van der Waals surface area (Å²) in [5, 5.41) is 18.9. The fourth-order valence-corrected chi connectivity index (χ4v) is 13.3. The summed E-state index contributed by atoms with van der Waals surface area (Å²) >= 11 is 14.1. The van der Waals surface area contributed by atoms with Crippen molar-refractivity contribution in [2.24, 2.45) is 11.7 Å². The van der Waals surface area contributed by atoms with E-state index in [4.69, 9.17) is 101 Å². The topological polar surface area (TPSA) is 509 Å². The Bertz CT molecular complexity index is 5740. The van der Waals surface area contributed by atoms with Crippen molar-refractivity contribution >= 4 is 250 Å². The molecule has 2 amide bonds. The van der Waals surface area contributed by atoms with Crippen molar-refractivity contribution in [2.75, 3.05) is 84.1 Å². The number of aryl methyl sites for hydroxylation is 2. The van der Waals surface area contributed by atoms with Crippen molar-refractivity contribution in [3.63, 3.8) is 0 Å². The van der Waals surface area contributed by atoms with Gasteiger partial charge in [0.15, 0.2) is 67.7 Å². The summed E-state index contributed by atoms with van der Waals surface area (Å²) in [6, 6.07) is 23.7. The number of hydrogen-bond donors (Lipinski definition) is 7. The van der Waals surface area contributed by atoms with E-state index in [0.717, 1.165) is 89.5 Å². The van der Waals surface area contributed by atoms with Crippen molar-refractivity contribution in [1.82, 2.24) is 0 Å². The molecule has 10 rings (SSSR count). The molecule has 0 unspecified atom stereocenters. The van der Waals surface area contributed by atoms with E-state index in [1.165, 1.54) is 69.7 Å². The highest BCUT2D eigenvalue weighted by Crippen LogP contribution is 2.34. The monoisotopic (exact) mass is 2190 g/mol. The zero-order chi connectivity index (χ0) is 97.0. The summed E-state index contributed by atoms with van der Waals surface area (Å²) in [6.45, 7) is 5.66. The Morgan fingerprint density at radius 2 is 0.798 bits per heavy atom. The third-order valence-corrected chi connectivity index (χ3v) is 21.2. The number of halogens is 18. The predicted octanol–water partition coefficient (Wildman–Crippen LogP) is 15.3. The first-order chi connectivity index (χ1) is 58.1. The number of carbonyl (C=O) groups excluding carboxylic acids is 5. The van der Waals surface area contributed by atoms with Gasteiger partial charge >= 0.3 is 31.8 Å². The lowest BCUT2D eigenvalue weighted by atomic mass is 10.1. The summed E-state index contributed by atoms with van der Waals surface area (Å²) in [5.74, 6) is -12.7. The van der Waals surface area contributed by atoms with Gasteiger partial charge in [0.1, 0.15) is 28.6 Å². The maximum atomic E-state index is 14.5. The Labute approximate surface area is 796 Å². The van der Waals surface area contributed by atoms with Gasteiger partial charge < -0.3 is 65.5 Å². The van der Waals surface area contributed by atoms with Gasteiger partial charge in [-0.25, -0.2) is 82.6 Å². The average molecular weight is 2190 g/mol. The van der Waals surface area contributed by atoms with Gasteiger partial charge in [0, 0.05) is 100 Å².